The molecule has 2 rings (SSSR count). The number of nitrogens with one attached hydrogen (secondary N) is 2. The molecule has 2 aliphatic rings. The summed E-state index contributed by atoms with van der Waals surface area (Å²) in [6, 6.07) is 0.479. The summed E-state index contributed by atoms with van der Waals surface area (Å²) in [5, 5.41) is 6.40. The van der Waals surface area contributed by atoms with Crippen molar-refractivity contribution in [3.05, 3.63) is 0 Å². The second-order valence-corrected chi connectivity index (χ2v) is 5.30. The SMILES string of the molecule is CC1CCCC(C(=O)NCCN2CCOCC2)N1. The van der Waals surface area contributed by atoms with Crippen molar-refractivity contribution in [2.24, 2.45) is 0 Å². The molecule has 2 heterocycles. The van der Waals surface area contributed by atoms with Gasteiger partial charge in [0.15, 0.2) is 0 Å². The molecule has 104 valence electrons. The molecular weight excluding hydrogens is 230 g/mol. The number of piperidine rings is 1. The van der Waals surface area contributed by atoms with Gasteiger partial charge in [-0.1, -0.05) is 0 Å². The van der Waals surface area contributed by atoms with Gasteiger partial charge in [0.25, 0.3) is 0 Å². The predicted molar refractivity (Wildman–Crippen MR) is 70.5 cm³/mol. The van der Waals surface area contributed by atoms with Crippen LogP contribution in [0.3, 0.4) is 0 Å². The molecule has 0 aromatic carbocycles. The number of ether oxygens (including phenoxy) is 1. The Labute approximate surface area is 109 Å². The molecule has 0 bridgehead atoms. The molecule has 5 heteroatoms. The minimum Gasteiger partial charge on any atom is -0.379 e. The first kappa shape index (κ1) is 13.8. The van der Waals surface area contributed by atoms with E-state index in [1.165, 1.54) is 6.42 Å². The van der Waals surface area contributed by atoms with Gasteiger partial charge in [0.1, 0.15) is 0 Å². The number of morpholine rings is 1. The van der Waals surface area contributed by atoms with Gasteiger partial charge < -0.3 is 15.4 Å². The van der Waals surface area contributed by atoms with Gasteiger partial charge in [0.2, 0.25) is 5.91 Å². The first-order valence-electron chi connectivity index (χ1n) is 7.09. The van der Waals surface area contributed by atoms with Crippen LogP contribution in [-0.2, 0) is 9.53 Å². The van der Waals surface area contributed by atoms with Crippen LogP contribution in [0, 0.1) is 0 Å². The molecule has 18 heavy (non-hydrogen) atoms. The lowest BCUT2D eigenvalue weighted by atomic mass is 9.99. The van der Waals surface area contributed by atoms with Gasteiger partial charge in [0.05, 0.1) is 19.3 Å². The number of amides is 1. The molecule has 0 aromatic heterocycles. The number of carbonyl (C=O) groups excluding carboxylic acids is 1. The normalized spacial score (nSPS) is 30.1. The van der Waals surface area contributed by atoms with E-state index in [9.17, 15) is 4.79 Å². The highest BCUT2D eigenvalue weighted by Gasteiger charge is 2.23. The Morgan fingerprint density at radius 3 is 2.89 bits per heavy atom. The molecule has 0 spiro atoms. The summed E-state index contributed by atoms with van der Waals surface area (Å²) >= 11 is 0. The smallest absolute Gasteiger partial charge is 0.237 e. The molecule has 0 aromatic rings. The van der Waals surface area contributed by atoms with Crippen molar-refractivity contribution in [3.63, 3.8) is 0 Å². The summed E-state index contributed by atoms with van der Waals surface area (Å²) in [6.07, 6.45) is 3.29. The molecule has 0 radical (unpaired) electrons. The van der Waals surface area contributed by atoms with Gasteiger partial charge in [-0.3, -0.25) is 9.69 Å². The molecule has 2 unspecified atom stereocenters. The fraction of sp³-hybridized carbons (Fsp3) is 0.923. The minimum absolute atomic E-state index is 0.0124. The van der Waals surface area contributed by atoms with Gasteiger partial charge in [0, 0.05) is 32.2 Å². The third-order valence-corrected chi connectivity index (χ3v) is 3.76. The summed E-state index contributed by atoms with van der Waals surface area (Å²) < 4.78 is 5.30. The molecule has 2 N–H and O–H groups in total. The molecule has 2 aliphatic heterocycles. The van der Waals surface area contributed by atoms with Crippen LogP contribution in [0.4, 0.5) is 0 Å². The Morgan fingerprint density at radius 1 is 1.39 bits per heavy atom. The quantitative estimate of drug-likeness (QED) is 0.740. The molecular formula is C13H25N3O2. The van der Waals surface area contributed by atoms with E-state index in [1.807, 2.05) is 0 Å². The van der Waals surface area contributed by atoms with Crippen molar-refractivity contribution in [2.75, 3.05) is 39.4 Å². The standard InChI is InChI=1S/C13H25N3O2/c1-11-3-2-4-12(15-11)13(17)14-5-6-16-7-9-18-10-8-16/h11-12,15H,2-10H2,1H3,(H,14,17). The zero-order valence-corrected chi connectivity index (χ0v) is 11.3. The Kier molecular flexibility index (Phi) is 5.41. The molecule has 0 saturated carbocycles. The summed E-state index contributed by atoms with van der Waals surface area (Å²) in [6.45, 7) is 7.41. The van der Waals surface area contributed by atoms with Gasteiger partial charge in [-0.25, -0.2) is 0 Å². The Hall–Kier alpha value is -0.650. The van der Waals surface area contributed by atoms with Crippen molar-refractivity contribution < 1.29 is 9.53 Å². The summed E-state index contributed by atoms with van der Waals surface area (Å²) in [5.41, 5.74) is 0. The lowest BCUT2D eigenvalue weighted by Crippen LogP contribution is -2.51. The largest absolute Gasteiger partial charge is 0.379 e. The highest BCUT2D eigenvalue weighted by Crippen LogP contribution is 2.12. The van der Waals surface area contributed by atoms with Crippen molar-refractivity contribution in [2.45, 2.75) is 38.3 Å². The van der Waals surface area contributed by atoms with Crippen LogP contribution in [0.5, 0.6) is 0 Å². The van der Waals surface area contributed by atoms with E-state index in [0.717, 1.165) is 52.2 Å². The number of hydrogen-bond donors (Lipinski definition) is 2. The van der Waals surface area contributed by atoms with Crippen molar-refractivity contribution >= 4 is 5.91 Å². The van der Waals surface area contributed by atoms with Crippen LogP contribution in [0.1, 0.15) is 26.2 Å². The number of carbonyl (C=O) groups is 1. The molecule has 1 amide bonds. The van der Waals surface area contributed by atoms with Crippen molar-refractivity contribution in [1.29, 1.82) is 0 Å². The van der Waals surface area contributed by atoms with Crippen LogP contribution in [-0.4, -0.2) is 62.3 Å². The zero-order valence-electron chi connectivity index (χ0n) is 11.3. The number of hydrogen-bond acceptors (Lipinski definition) is 4. The zero-order chi connectivity index (χ0) is 12.8. The topological polar surface area (TPSA) is 53.6 Å². The molecule has 0 aliphatic carbocycles. The lowest BCUT2D eigenvalue weighted by molar-refractivity contribution is -0.124. The van der Waals surface area contributed by atoms with Gasteiger partial charge >= 0.3 is 0 Å². The number of rotatable bonds is 4. The third kappa shape index (κ3) is 4.23. The van der Waals surface area contributed by atoms with Crippen LogP contribution in [0.15, 0.2) is 0 Å². The maximum absolute atomic E-state index is 12.0. The Bertz CT molecular complexity index is 267. The van der Waals surface area contributed by atoms with E-state index in [-0.39, 0.29) is 11.9 Å². The van der Waals surface area contributed by atoms with E-state index in [1.54, 1.807) is 0 Å². The van der Waals surface area contributed by atoms with Crippen molar-refractivity contribution in [1.82, 2.24) is 15.5 Å². The minimum atomic E-state index is 0.0124. The second kappa shape index (κ2) is 7.07. The highest BCUT2D eigenvalue weighted by molar-refractivity contribution is 5.81. The third-order valence-electron chi connectivity index (χ3n) is 3.76. The lowest BCUT2D eigenvalue weighted by Gasteiger charge is -2.29. The monoisotopic (exact) mass is 255 g/mol. The maximum atomic E-state index is 12.0. The van der Waals surface area contributed by atoms with E-state index >= 15 is 0 Å². The maximum Gasteiger partial charge on any atom is 0.237 e. The van der Waals surface area contributed by atoms with Crippen LogP contribution >= 0.6 is 0 Å². The fourth-order valence-corrected chi connectivity index (χ4v) is 2.63. The van der Waals surface area contributed by atoms with Crippen molar-refractivity contribution in [3.8, 4) is 0 Å². The van der Waals surface area contributed by atoms with E-state index in [4.69, 9.17) is 4.74 Å². The second-order valence-electron chi connectivity index (χ2n) is 5.30. The van der Waals surface area contributed by atoms with E-state index < -0.39 is 0 Å². The predicted octanol–water partition coefficient (Wildman–Crippen LogP) is -0.0346. The summed E-state index contributed by atoms with van der Waals surface area (Å²) in [5.74, 6) is 0.162. The Morgan fingerprint density at radius 2 is 2.17 bits per heavy atom. The average Bonchev–Trinajstić information content (AvgIpc) is 2.40. The van der Waals surface area contributed by atoms with Gasteiger partial charge in [-0.05, 0) is 26.2 Å². The van der Waals surface area contributed by atoms with E-state index in [0.29, 0.717) is 6.04 Å². The van der Waals surface area contributed by atoms with E-state index in [2.05, 4.69) is 22.5 Å². The molecule has 2 saturated heterocycles. The summed E-state index contributed by atoms with van der Waals surface area (Å²) in [4.78, 5) is 14.3. The van der Waals surface area contributed by atoms with Gasteiger partial charge in [-0.2, -0.15) is 0 Å². The van der Waals surface area contributed by atoms with Crippen LogP contribution in [0.25, 0.3) is 0 Å². The van der Waals surface area contributed by atoms with Gasteiger partial charge in [-0.15, -0.1) is 0 Å². The Balaban J connectivity index is 1.61. The van der Waals surface area contributed by atoms with Crippen LogP contribution < -0.4 is 10.6 Å². The average molecular weight is 255 g/mol. The molecule has 5 nitrogen and oxygen atoms in total. The first-order valence-corrected chi connectivity index (χ1v) is 7.09. The molecule has 2 fully saturated rings. The first-order chi connectivity index (χ1) is 8.75. The fourth-order valence-electron chi connectivity index (χ4n) is 2.63. The highest BCUT2D eigenvalue weighted by atomic mass is 16.5. The van der Waals surface area contributed by atoms with Crippen LogP contribution in [0.2, 0.25) is 0 Å². The summed E-state index contributed by atoms with van der Waals surface area (Å²) in [7, 11) is 0. The molecule has 2 atom stereocenters. The number of nitrogens with zero attached hydrogens (tertiary/aromatic N) is 1.